The van der Waals surface area contributed by atoms with Gasteiger partial charge in [-0.25, -0.2) is 0 Å². The number of ether oxygens (including phenoxy) is 2. The van der Waals surface area contributed by atoms with Crippen molar-refractivity contribution in [3.8, 4) is 0 Å². The van der Waals surface area contributed by atoms with Crippen LogP contribution in [-0.4, -0.2) is 49.6 Å². The Kier molecular flexibility index (Phi) is 5.35. The summed E-state index contributed by atoms with van der Waals surface area (Å²) in [4.78, 5) is 0. The van der Waals surface area contributed by atoms with E-state index in [9.17, 15) is 0 Å². The monoisotopic (exact) mass is 218 g/mol. The molecule has 5 heteroatoms. The van der Waals surface area contributed by atoms with Crippen LogP contribution >= 0.6 is 0 Å². The maximum atomic E-state index is 5.39. The number of methoxy groups -OCH3 is 2. The lowest BCUT2D eigenvalue weighted by Gasteiger charge is -2.31. The van der Waals surface area contributed by atoms with Crippen molar-refractivity contribution in [2.45, 2.75) is 12.2 Å². The fraction of sp³-hybridized carbons (Fsp3) is 0.778. The molecule has 0 spiro atoms. The Labute approximate surface area is 87.2 Å². The molecule has 0 amide bonds. The van der Waals surface area contributed by atoms with Gasteiger partial charge in [-0.3, -0.25) is 0 Å². The van der Waals surface area contributed by atoms with Crippen LogP contribution in [0.25, 0.3) is 0 Å². The first-order valence-corrected chi connectivity index (χ1v) is 5.82. The SMILES string of the molecule is C=CC1C(OC)CO[SiH2]OCC1OC. The van der Waals surface area contributed by atoms with E-state index in [0.29, 0.717) is 13.2 Å². The summed E-state index contributed by atoms with van der Waals surface area (Å²) in [5, 5.41) is 0. The van der Waals surface area contributed by atoms with Gasteiger partial charge in [0.25, 0.3) is 0 Å². The largest absolute Gasteiger partial charge is 0.396 e. The van der Waals surface area contributed by atoms with E-state index >= 15 is 0 Å². The molecule has 0 aromatic heterocycles. The van der Waals surface area contributed by atoms with Crippen LogP contribution in [0.1, 0.15) is 0 Å². The van der Waals surface area contributed by atoms with E-state index in [4.69, 9.17) is 18.3 Å². The first-order chi connectivity index (χ1) is 6.83. The highest BCUT2D eigenvalue weighted by molar-refractivity contribution is 6.17. The zero-order valence-corrected chi connectivity index (χ0v) is 10.2. The van der Waals surface area contributed by atoms with Crippen LogP contribution < -0.4 is 0 Å². The second kappa shape index (κ2) is 6.31. The lowest BCUT2D eigenvalue weighted by atomic mass is 9.96. The molecule has 82 valence electrons. The van der Waals surface area contributed by atoms with Gasteiger partial charge in [0, 0.05) is 20.1 Å². The Hall–Kier alpha value is -0.203. The molecule has 1 aliphatic heterocycles. The molecule has 2 unspecified atom stereocenters. The fourth-order valence-corrected chi connectivity index (χ4v) is 2.38. The standard InChI is InChI=1S/C9H18O4Si/c1-4-7-8(10-2)5-12-14-13-6-9(7)11-3/h4,7-9H,1,5-6,14H2,2-3H3. The summed E-state index contributed by atoms with van der Waals surface area (Å²) in [6.07, 6.45) is 1.89. The van der Waals surface area contributed by atoms with E-state index in [1.807, 2.05) is 6.08 Å². The molecular formula is C9H18O4Si. The number of hydrogen-bond acceptors (Lipinski definition) is 4. The zero-order chi connectivity index (χ0) is 10.4. The second-order valence-electron chi connectivity index (χ2n) is 3.22. The van der Waals surface area contributed by atoms with Gasteiger partial charge in [-0.05, 0) is 0 Å². The van der Waals surface area contributed by atoms with E-state index in [0.717, 1.165) is 0 Å². The quantitative estimate of drug-likeness (QED) is 0.488. The third-order valence-corrected chi connectivity index (χ3v) is 3.27. The molecule has 0 radical (unpaired) electrons. The molecule has 14 heavy (non-hydrogen) atoms. The highest BCUT2D eigenvalue weighted by Gasteiger charge is 2.29. The van der Waals surface area contributed by atoms with Crippen LogP contribution in [0, 0.1) is 5.92 Å². The molecule has 1 rings (SSSR count). The molecule has 1 heterocycles. The Morgan fingerprint density at radius 1 is 1.21 bits per heavy atom. The molecule has 1 fully saturated rings. The van der Waals surface area contributed by atoms with Crippen LogP contribution in [0.2, 0.25) is 0 Å². The average Bonchev–Trinajstić information content (AvgIpc) is 2.18. The van der Waals surface area contributed by atoms with Crippen molar-refractivity contribution in [1.29, 1.82) is 0 Å². The summed E-state index contributed by atoms with van der Waals surface area (Å²) in [6, 6.07) is 0. The summed E-state index contributed by atoms with van der Waals surface area (Å²) < 4.78 is 21.5. The van der Waals surface area contributed by atoms with Crippen LogP contribution in [0.15, 0.2) is 12.7 Å². The molecule has 0 aromatic rings. The van der Waals surface area contributed by atoms with Gasteiger partial charge < -0.3 is 18.3 Å². The van der Waals surface area contributed by atoms with Crippen LogP contribution in [0.4, 0.5) is 0 Å². The summed E-state index contributed by atoms with van der Waals surface area (Å²) in [5.41, 5.74) is 0. The number of hydrogen-bond donors (Lipinski definition) is 0. The number of rotatable bonds is 3. The van der Waals surface area contributed by atoms with E-state index < -0.39 is 10.0 Å². The molecule has 1 saturated heterocycles. The van der Waals surface area contributed by atoms with Crippen molar-refractivity contribution in [3.63, 3.8) is 0 Å². The zero-order valence-electron chi connectivity index (χ0n) is 8.77. The lowest BCUT2D eigenvalue weighted by Crippen LogP contribution is -2.41. The van der Waals surface area contributed by atoms with Crippen LogP contribution in [0.5, 0.6) is 0 Å². The fourth-order valence-electron chi connectivity index (χ4n) is 1.60. The third-order valence-electron chi connectivity index (χ3n) is 2.47. The first kappa shape index (κ1) is 11.9. The highest BCUT2D eigenvalue weighted by atomic mass is 28.3. The summed E-state index contributed by atoms with van der Waals surface area (Å²) in [5.74, 6) is 0.124. The smallest absolute Gasteiger partial charge is 0.304 e. The van der Waals surface area contributed by atoms with Gasteiger partial charge in [0.15, 0.2) is 0 Å². The van der Waals surface area contributed by atoms with E-state index in [-0.39, 0.29) is 18.1 Å². The van der Waals surface area contributed by atoms with Gasteiger partial charge in [-0.15, -0.1) is 6.58 Å². The lowest BCUT2D eigenvalue weighted by molar-refractivity contribution is -0.0644. The maximum Gasteiger partial charge on any atom is 0.304 e. The topological polar surface area (TPSA) is 36.9 Å². The van der Waals surface area contributed by atoms with Gasteiger partial charge in [0.1, 0.15) is 0 Å². The maximum absolute atomic E-state index is 5.39. The van der Waals surface area contributed by atoms with E-state index in [2.05, 4.69) is 6.58 Å². The van der Waals surface area contributed by atoms with E-state index in [1.165, 1.54) is 0 Å². The Bertz CT molecular complexity index is 162. The molecule has 2 atom stereocenters. The molecule has 0 saturated carbocycles. The Balaban J connectivity index is 2.65. The molecule has 0 N–H and O–H groups in total. The van der Waals surface area contributed by atoms with Gasteiger partial charge in [-0.1, -0.05) is 6.08 Å². The minimum absolute atomic E-state index is 0.0221. The minimum Gasteiger partial charge on any atom is -0.396 e. The van der Waals surface area contributed by atoms with Gasteiger partial charge in [0.2, 0.25) is 0 Å². The molecular weight excluding hydrogens is 200 g/mol. The summed E-state index contributed by atoms with van der Waals surface area (Å²) in [7, 11) is 2.51. The van der Waals surface area contributed by atoms with Crippen LogP contribution in [0.3, 0.4) is 0 Å². The molecule has 0 bridgehead atoms. The Morgan fingerprint density at radius 3 is 2.07 bits per heavy atom. The predicted molar refractivity (Wildman–Crippen MR) is 55.7 cm³/mol. The van der Waals surface area contributed by atoms with E-state index in [1.54, 1.807) is 14.2 Å². The molecule has 0 aliphatic carbocycles. The second-order valence-corrected chi connectivity index (χ2v) is 4.27. The predicted octanol–water partition coefficient (Wildman–Crippen LogP) is -0.136. The Morgan fingerprint density at radius 2 is 1.71 bits per heavy atom. The first-order valence-electron chi connectivity index (χ1n) is 4.67. The van der Waals surface area contributed by atoms with Crippen molar-refractivity contribution >= 4 is 10.0 Å². The van der Waals surface area contributed by atoms with Crippen LogP contribution in [-0.2, 0) is 18.3 Å². The minimum atomic E-state index is -0.855. The van der Waals surface area contributed by atoms with Gasteiger partial charge in [0.05, 0.1) is 25.4 Å². The molecule has 1 aliphatic rings. The molecule has 0 aromatic carbocycles. The van der Waals surface area contributed by atoms with Crippen molar-refractivity contribution in [2.24, 2.45) is 5.92 Å². The van der Waals surface area contributed by atoms with Gasteiger partial charge in [-0.2, -0.15) is 0 Å². The summed E-state index contributed by atoms with van der Waals surface area (Å²) in [6.45, 7) is 4.93. The highest BCUT2D eigenvalue weighted by Crippen LogP contribution is 2.18. The van der Waals surface area contributed by atoms with Gasteiger partial charge >= 0.3 is 10.0 Å². The van der Waals surface area contributed by atoms with Crippen molar-refractivity contribution in [2.75, 3.05) is 27.4 Å². The average molecular weight is 218 g/mol. The van der Waals surface area contributed by atoms with Crippen molar-refractivity contribution < 1.29 is 18.3 Å². The van der Waals surface area contributed by atoms with Crippen molar-refractivity contribution in [1.82, 2.24) is 0 Å². The summed E-state index contributed by atoms with van der Waals surface area (Å²) >= 11 is 0. The van der Waals surface area contributed by atoms with Crippen molar-refractivity contribution in [3.05, 3.63) is 12.7 Å². The third kappa shape index (κ3) is 2.89. The normalized spacial score (nSPS) is 36.3. The molecule has 4 nitrogen and oxygen atoms in total.